The zero-order chi connectivity index (χ0) is 14.8. The molecule has 1 heterocycles. The molecular weight excluding hydrogens is 326 g/mol. The van der Waals surface area contributed by atoms with Gasteiger partial charge in [0.05, 0.1) is 21.9 Å². The molecular formula is C15H15BrF2N2. The molecule has 20 heavy (non-hydrogen) atoms. The highest BCUT2D eigenvalue weighted by molar-refractivity contribution is 9.10. The minimum atomic E-state index is -0.703. The van der Waals surface area contributed by atoms with Crippen molar-refractivity contribution in [3.8, 4) is 0 Å². The van der Waals surface area contributed by atoms with E-state index in [1.807, 2.05) is 6.92 Å². The molecule has 0 fully saturated rings. The van der Waals surface area contributed by atoms with Crippen molar-refractivity contribution in [2.75, 3.05) is 0 Å². The first kappa shape index (κ1) is 15.1. The van der Waals surface area contributed by atoms with Crippen molar-refractivity contribution in [1.82, 2.24) is 4.98 Å². The van der Waals surface area contributed by atoms with E-state index in [4.69, 9.17) is 5.73 Å². The zero-order valence-electron chi connectivity index (χ0n) is 11.0. The topological polar surface area (TPSA) is 38.9 Å². The second-order valence-corrected chi connectivity index (χ2v) is 5.65. The molecule has 1 aromatic heterocycles. The highest BCUT2D eigenvalue weighted by Gasteiger charge is 2.27. The van der Waals surface area contributed by atoms with E-state index in [0.717, 1.165) is 11.8 Å². The van der Waals surface area contributed by atoms with Gasteiger partial charge in [-0.2, -0.15) is 0 Å². The van der Waals surface area contributed by atoms with Crippen LogP contribution in [0.3, 0.4) is 0 Å². The van der Waals surface area contributed by atoms with Crippen LogP contribution in [0, 0.1) is 11.6 Å². The molecule has 5 heteroatoms. The average Bonchev–Trinajstić information content (AvgIpc) is 2.43. The van der Waals surface area contributed by atoms with Gasteiger partial charge in [-0.3, -0.25) is 4.98 Å². The molecule has 0 spiro atoms. The van der Waals surface area contributed by atoms with Crippen molar-refractivity contribution in [2.24, 2.45) is 5.73 Å². The van der Waals surface area contributed by atoms with Crippen molar-refractivity contribution < 1.29 is 8.78 Å². The summed E-state index contributed by atoms with van der Waals surface area (Å²) in [5.41, 5.74) is 7.22. The summed E-state index contributed by atoms with van der Waals surface area (Å²) in [6.45, 7) is 1.95. The third-order valence-electron chi connectivity index (χ3n) is 3.37. The number of hydrogen-bond donors (Lipinski definition) is 1. The molecule has 1 aromatic carbocycles. The van der Waals surface area contributed by atoms with E-state index in [1.165, 1.54) is 12.1 Å². The van der Waals surface area contributed by atoms with Crippen LogP contribution in [-0.4, -0.2) is 4.98 Å². The van der Waals surface area contributed by atoms with E-state index in [2.05, 4.69) is 20.9 Å². The lowest BCUT2D eigenvalue weighted by molar-refractivity contribution is 0.410. The van der Waals surface area contributed by atoms with E-state index < -0.39 is 11.4 Å². The second kappa shape index (κ2) is 5.97. The molecule has 2 rings (SSSR count). The quantitative estimate of drug-likeness (QED) is 0.915. The lowest BCUT2D eigenvalue weighted by Gasteiger charge is -2.28. The van der Waals surface area contributed by atoms with E-state index >= 15 is 0 Å². The van der Waals surface area contributed by atoms with Crippen LogP contribution in [0.4, 0.5) is 8.78 Å². The molecule has 0 aliphatic heterocycles. The van der Waals surface area contributed by atoms with Crippen LogP contribution in [0.1, 0.15) is 24.6 Å². The van der Waals surface area contributed by atoms with E-state index in [1.54, 1.807) is 18.2 Å². The van der Waals surface area contributed by atoms with Gasteiger partial charge in [0, 0.05) is 0 Å². The molecule has 1 unspecified atom stereocenters. The Labute approximate surface area is 125 Å². The van der Waals surface area contributed by atoms with E-state index in [-0.39, 0.29) is 5.82 Å². The minimum absolute atomic E-state index is 0.312. The summed E-state index contributed by atoms with van der Waals surface area (Å²) >= 11 is 3.16. The predicted molar refractivity (Wildman–Crippen MR) is 78.2 cm³/mol. The van der Waals surface area contributed by atoms with Gasteiger partial charge in [-0.25, -0.2) is 8.78 Å². The first-order chi connectivity index (χ1) is 9.44. The Morgan fingerprint density at radius 1 is 1.25 bits per heavy atom. The summed E-state index contributed by atoms with van der Waals surface area (Å²) in [7, 11) is 0. The van der Waals surface area contributed by atoms with Gasteiger partial charge < -0.3 is 5.73 Å². The lowest BCUT2D eigenvalue weighted by atomic mass is 9.86. The molecule has 0 saturated carbocycles. The highest BCUT2D eigenvalue weighted by Crippen LogP contribution is 2.27. The van der Waals surface area contributed by atoms with E-state index in [9.17, 15) is 8.78 Å². The van der Waals surface area contributed by atoms with Crippen LogP contribution in [0.2, 0.25) is 0 Å². The summed E-state index contributed by atoms with van der Waals surface area (Å²) in [6, 6.07) is 7.74. The average molecular weight is 341 g/mol. The van der Waals surface area contributed by atoms with Crippen molar-refractivity contribution in [1.29, 1.82) is 0 Å². The molecule has 106 valence electrons. The Morgan fingerprint density at radius 3 is 2.55 bits per heavy atom. The third-order valence-corrected chi connectivity index (χ3v) is 3.98. The Morgan fingerprint density at radius 2 is 2.00 bits per heavy atom. The number of halogens is 3. The Bertz CT molecular complexity index is 601. The zero-order valence-corrected chi connectivity index (χ0v) is 12.6. The molecule has 0 amide bonds. The molecule has 0 aliphatic carbocycles. The van der Waals surface area contributed by atoms with Crippen molar-refractivity contribution in [3.05, 3.63) is 63.9 Å². The fourth-order valence-corrected chi connectivity index (χ4v) is 2.51. The summed E-state index contributed by atoms with van der Waals surface area (Å²) in [5, 5.41) is 0. The van der Waals surface area contributed by atoms with Gasteiger partial charge in [0.2, 0.25) is 0 Å². The maximum atomic E-state index is 13.2. The normalized spacial score (nSPS) is 14.1. The van der Waals surface area contributed by atoms with E-state index in [0.29, 0.717) is 23.0 Å². The van der Waals surface area contributed by atoms with Gasteiger partial charge in [0.15, 0.2) is 0 Å². The van der Waals surface area contributed by atoms with Crippen LogP contribution >= 0.6 is 15.9 Å². The van der Waals surface area contributed by atoms with Gasteiger partial charge in [-0.1, -0.05) is 13.0 Å². The number of pyridine rings is 1. The molecule has 2 nitrogen and oxygen atoms in total. The number of hydrogen-bond acceptors (Lipinski definition) is 2. The van der Waals surface area contributed by atoms with Gasteiger partial charge in [-0.05, 0) is 58.6 Å². The standard InChI is InChI=1S/C15H15BrF2N2/c1-2-15(19,14-6-4-11(17)9-20-14)8-10-3-5-13(18)12(16)7-10/h3-7,9H,2,8,19H2,1H3. The number of rotatable bonds is 4. The first-order valence-electron chi connectivity index (χ1n) is 6.29. The molecule has 0 aliphatic rings. The van der Waals surface area contributed by atoms with Crippen LogP contribution in [-0.2, 0) is 12.0 Å². The summed E-state index contributed by atoms with van der Waals surface area (Å²) < 4.78 is 26.6. The van der Waals surface area contributed by atoms with Crippen LogP contribution in [0.15, 0.2) is 41.0 Å². The van der Waals surface area contributed by atoms with Crippen LogP contribution in [0.5, 0.6) is 0 Å². The van der Waals surface area contributed by atoms with Crippen molar-refractivity contribution >= 4 is 15.9 Å². The first-order valence-corrected chi connectivity index (χ1v) is 7.09. The van der Waals surface area contributed by atoms with Gasteiger partial charge in [0.25, 0.3) is 0 Å². The largest absolute Gasteiger partial charge is 0.320 e. The molecule has 1 atom stereocenters. The Balaban J connectivity index is 2.31. The smallest absolute Gasteiger partial charge is 0.141 e. The number of aromatic nitrogens is 1. The van der Waals surface area contributed by atoms with Crippen molar-refractivity contribution in [3.63, 3.8) is 0 Å². The molecule has 0 saturated heterocycles. The maximum absolute atomic E-state index is 13.2. The lowest BCUT2D eigenvalue weighted by Crippen LogP contribution is -2.39. The summed E-state index contributed by atoms with van der Waals surface area (Å²) in [5.74, 6) is -0.704. The number of benzene rings is 1. The second-order valence-electron chi connectivity index (χ2n) is 4.80. The molecule has 2 N–H and O–H groups in total. The predicted octanol–water partition coefficient (Wildman–Crippen LogP) is 3.93. The van der Waals surface area contributed by atoms with Crippen LogP contribution in [0.25, 0.3) is 0 Å². The Hall–Kier alpha value is -1.33. The third kappa shape index (κ3) is 3.22. The van der Waals surface area contributed by atoms with Gasteiger partial charge in [0.1, 0.15) is 11.6 Å². The highest BCUT2D eigenvalue weighted by atomic mass is 79.9. The van der Waals surface area contributed by atoms with Gasteiger partial charge in [-0.15, -0.1) is 0 Å². The molecule has 2 aromatic rings. The van der Waals surface area contributed by atoms with Crippen LogP contribution < -0.4 is 5.73 Å². The van der Waals surface area contributed by atoms with Crippen molar-refractivity contribution in [2.45, 2.75) is 25.3 Å². The number of nitrogens with zero attached hydrogens (tertiary/aromatic N) is 1. The molecule has 0 radical (unpaired) electrons. The fraction of sp³-hybridized carbons (Fsp3) is 0.267. The van der Waals surface area contributed by atoms with Gasteiger partial charge >= 0.3 is 0 Å². The molecule has 0 bridgehead atoms. The summed E-state index contributed by atoms with van der Waals surface area (Å²) in [4.78, 5) is 4.07. The number of nitrogens with two attached hydrogens (primary N) is 1. The Kier molecular flexibility index (Phi) is 4.50. The summed E-state index contributed by atoms with van der Waals surface area (Å²) in [6.07, 6.45) is 2.30. The SMILES string of the molecule is CCC(N)(Cc1ccc(F)c(Br)c1)c1ccc(F)cn1. The maximum Gasteiger partial charge on any atom is 0.141 e. The minimum Gasteiger partial charge on any atom is -0.320 e. The fourth-order valence-electron chi connectivity index (χ4n) is 2.08. The monoisotopic (exact) mass is 340 g/mol.